The molecule has 1 aromatic carbocycles. The van der Waals surface area contributed by atoms with Crippen LogP contribution in [0.4, 0.5) is 5.69 Å². The topological polar surface area (TPSA) is 75.7 Å². The molecule has 6 nitrogen and oxygen atoms in total. The maximum atomic E-state index is 12.2. The Hall–Kier alpha value is -1.76. The van der Waals surface area contributed by atoms with Gasteiger partial charge in [0.15, 0.2) is 9.84 Å². The first-order valence-electron chi connectivity index (χ1n) is 7.84. The molecule has 1 aliphatic rings. The molecule has 7 heteroatoms. The number of para-hydroxylation sites is 2. The number of benzene rings is 1. The molecule has 0 saturated carbocycles. The Bertz CT molecular complexity index is 645. The quantitative estimate of drug-likeness (QED) is 0.815. The number of carbonyl (C=O) groups excluding carboxylic acids is 1. The highest BCUT2D eigenvalue weighted by atomic mass is 32.2. The lowest BCUT2D eigenvalue weighted by atomic mass is 10.2. The number of hydrogen-bond donors (Lipinski definition) is 1. The molecule has 0 aromatic heterocycles. The van der Waals surface area contributed by atoms with Gasteiger partial charge in [-0.2, -0.15) is 0 Å². The van der Waals surface area contributed by atoms with E-state index in [0.717, 1.165) is 11.4 Å². The molecule has 23 heavy (non-hydrogen) atoms. The summed E-state index contributed by atoms with van der Waals surface area (Å²) in [6, 6.07) is 7.40. The van der Waals surface area contributed by atoms with Crippen LogP contribution in [0.5, 0.6) is 5.75 Å². The van der Waals surface area contributed by atoms with Crippen molar-refractivity contribution < 1.29 is 17.9 Å². The van der Waals surface area contributed by atoms with Crippen LogP contribution in [0.2, 0.25) is 0 Å². The molecule has 0 radical (unpaired) electrons. The summed E-state index contributed by atoms with van der Waals surface area (Å²) >= 11 is 0. The van der Waals surface area contributed by atoms with E-state index in [-0.39, 0.29) is 23.5 Å². The van der Waals surface area contributed by atoms with Crippen molar-refractivity contribution >= 4 is 21.4 Å². The van der Waals surface area contributed by atoms with Crippen molar-refractivity contribution in [2.45, 2.75) is 25.8 Å². The Kier molecular flexibility index (Phi) is 5.87. The van der Waals surface area contributed by atoms with Crippen LogP contribution in [0.1, 0.15) is 19.8 Å². The van der Waals surface area contributed by atoms with Crippen molar-refractivity contribution in [3.8, 4) is 5.75 Å². The van der Waals surface area contributed by atoms with Gasteiger partial charge in [0.05, 0.1) is 23.8 Å². The van der Waals surface area contributed by atoms with E-state index in [1.807, 2.05) is 31.2 Å². The highest BCUT2D eigenvalue weighted by Gasteiger charge is 2.32. The third kappa shape index (κ3) is 4.86. The minimum Gasteiger partial charge on any atom is -0.492 e. The highest BCUT2D eigenvalue weighted by Crippen LogP contribution is 2.23. The van der Waals surface area contributed by atoms with Crippen molar-refractivity contribution in [1.82, 2.24) is 4.90 Å². The number of nitrogens with one attached hydrogen (secondary N) is 1. The van der Waals surface area contributed by atoms with Gasteiger partial charge in [-0.05, 0) is 25.5 Å². The molecule has 0 bridgehead atoms. The number of hydrogen-bond acceptors (Lipinski definition) is 5. The van der Waals surface area contributed by atoms with E-state index < -0.39 is 9.84 Å². The van der Waals surface area contributed by atoms with Crippen LogP contribution in [0, 0.1) is 0 Å². The largest absolute Gasteiger partial charge is 0.492 e. The third-order valence-electron chi connectivity index (χ3n) is 3.99. The fourth-order valence-electron chi connectivity index (χ4n) is 2.66. The maximum Gasteiger partial charge on any atom is 0.224 e. The van der Waals surface area contributed by atoms with E-state index >= 15 is 0 Å². The summed E-state index contributed by atoms with van der Waals surface area (Å²) in [5.41, 5.74) is 0.855. The minimum absolute atomic E-state index is 0.0477. The molecule has 1 aliphatic heterocycles. The lowest BCUT2D eigenvalue weighted by Crippen LogP contribution is -2.38. The zero-order valence-electron chi connectivity index (χ0n) is 13.6. The van der Waals surface area contributed by atoms with Crippen molar-refractivity contribution in [1.29, 1.82) is 0 Å². The third-order valence-corrected chi connectivity index (χ3v) is 5.74. The SMILES string of the molecule is CCOc1ccccc1NCCC(=O)N(C)C1CCS(=O)(=O)C1. The van der Waals surface area contributed by atoms with E-state index in [1.165, 1.54) is 0 Å². The number of amides is 1. The summed E-state index contributed by atoms with van der Waals surface area (Å²) in [5.74, 6) is 0.969. The fraction of sp³-hybridized carbons (Fsp3) is 0.562. The predicted octanol–water partition coefficient (Wildman–Crippen LogP) is 1.53. The predicted molar refractivity (Wildman–Crippen MR) is 90.5 cm³/mol. The van der Waals surface area contributed by atoms with Crippen molar-refractivity contribution in [3.05, 3.63) is 24.3 Å². The molecular formula is C16H24N2O4S. The monoisotopic (exact) mass is 340 g/mol. The second-order valence-electron chi connectivity index (χ2n) is 5.67. The van der Waals surface area contributed by atoms with Crippen LogP contribution < -0.4 is 10.1 Å². The van der Waals surface area contributed by atoms with Gasteiger partial charge in [-0.1, -0.05) is 12.1 Å². The van der Waals surface area contributed by atoms with Crippen LogP contribution in [0.25, 0.3) is 0 Å². The van der Waals surface area contributed by atoms with Crippen LogP contribution in [0.15, 0.2) is 24.3 Å². The van der Waals surface area contributed by atoms with Crippen LogP contribution in [-0.4, -0.2) is 57.0 Å². The van der Waals surface area contributed by atoms with Crippen molar-refractivity contribution in [3.63, 3.8) is 0 Å². The summed E-state index contributed by atoms with van der Waals surface area (Å²) in [6.07, 6.45) is 0.846. The zero-order valence-corrected chi connectivity index (χ0v) is 14.4. The molecule has 2 rings (SSSR count). The average molecular weight is 340 g/mol. The van der Waals surface area contributed by atoms with E-state index in [2.05, 4.69) is 5.32 Å². The number of anilines is 1. The van der Waals surface area contributed by atoms with E-state index in [9.17, 15) is 13.2 Å². The molecule has 1 fully saturated rings. The lowest BCUT2D eigenvalue weighted by molar-refractivity contribution is -0.131. The van der Waals surface area contributed by atoms with Crippen molar-refractivity contribution in [2.75, 3.05) is 37.0 Å². The van der Waals surface area contributed by atoms with Crippen molar-refractivity contribution in [2.24, 2.45) is 0 Å². The fourth-order valence-corrected chi connectivity index (χ4v) is 4.43. The molecule has 1 aromatic rings. The van der Waals surface area contributed by atoms with Gasteiger partial charge in [-0.15, -0.1) is 0 Å². The molecule has 128 valence electrons. The maximum absolute atomic E-state index is 12.2. The molecular weight excluding hydrogens is 316 g/mol. The number of rotatable bonds is 7. The van der Waals surface area contributed by atoms with Crippen LogP contribution >= 0.6 is 0 Å². The Morgan fingerprint density at radius 3 is 2.78 bits per heavy atom. The Morgan fingerprint density at radius 1 is 1.39 bits per heavy atom. The van der Waals surface area contributed by atoms with E-state index in [0.29, 0.717) is 26.0 Å². The Labute approximate surface area is 137 Å². The zero-order chi connectivity index (χ0) is 16.9. The minimum atomic E-state index is -2.98. The molecule has 1 unspecified atom stereocenters. The van der Waals surface area contributed by atoms with E-state index in [1.54, 1.807) is 11.9 Å². The lowest BCUT2D eigenvalue weighted by Gasteiger charge is -2.23. The first kappa shape index (κ1) is 17.6. The Morgan fingerprint density at radius 2 is 2.13 bits per heavy atom. The van der Waals surface area contributed by atoms with Crippen LogP contribution in [0.3, 0.4) is 0 Å². The Balaban J connectivity index is 1.83. The molecule has 1 N–H and O–H groups in total. The van der Waals surface area contributed by atoms with Gasteiger partial charge >= 0.3 is 0 Å². The van der Waals surface area contributed by atoms with E-state index in [4.69, 9.17) is 4.74 Å². The van der Waals surface area contributed by atoms with Gasteiger partial charge in [0.2, 0.25) is 5.91 Å². The summed E-state index contributed by atoms with van der Waals surface area (Å²) in [7, 11) is -1.29. The van der Waals surface area contributed by atoms with Gasteiger partial charge in [0.1, 0.15) is 5.75 Å². The number of sulfone groups is 1. The van der Waals surface area contributed by atoms with Gasteiger partial charge in [-0.25, -0.2) is 8.42 Å². The second-order valence-corrected chi connectivity index (χ2v) is 7.90. The van der Waals surface area contributed by atoms with Crippen LogP contribution in [-0.2, 0) is 14.6 Å². The summed E-state index contributed by atoms with van der Waals surface area (Å²) in [6.45, 7) is 2.98. The van der Waals surface area contributed by atoms with Gasteiger partial charge in [0, 0.05) is 26.1 Å². The number of ether oxygens (including phenoxy) is 1. The second kappa shape index (κ2) is 7.68. The summed E-state index contributed by atoms with van der Waals surface area (Å²) in [5, 5.41) is 3.20. The summed E-state index contributed by atoms with van der Waals surface area (Å²) < 4.78 is 28.5. The molecule has 1 saturated heterocycles. The van der Waals surface area contributed by atoms with Gasteiger partial charge < -0.3 is 15.0 Å². The average Bonchev–Trinajstić information content (AvgIpc) is 2.88. The summed E-state index contributed by atoms with van der Waals surface area (Å²) in [4.78, 5) is 13.8. The molecule has 0 spiro atoms. The molecule has 1 heterocycles. The van der Waals surface area contributed by atoms with Gasteiger partial charge in [-0.3, -0.25) is 4.79 Å². The van der Waals surface area contributed by atoms with Gasteiger partial charge in [0.25, 0.3) is 0 Å². The highest BCUT2D eigenvalue weighted by molar-refractivity contribution is 7.91. The smallest absolute Gasteiger partial charge is 0.224 e. The molecule has 1 amide bonds. The standard InChI is InChI=1S/C16H24N2O4S/c1-3-22-15-7-5-4-6-14(15)17-10-8-16(19)18(2)13-9-11-23(20,21)12-13/h4-7,13,17H,3,8-12H2,1-2H3. The first-order chi connectivity index (χ1) is 10.9. The molecule has 1 atom stereocenters. The number of nitrogens with zero attached hydrogens (tertiary/aromatic N) is 1. The normalized spacial score (nSPS) is 19.3. The number of carbonyl (C=O) groups is 1. The molecule has 0 aliphatic carbocycles. The first-order valence-corrected chi connectivity index (χ1v) is 9.67.